The number of amides is 2. The molecule has 1 unspecified atom stereocenters. The molecule has 5 N–H and O–H groups in total. The van der Waals surface area contributed by atoms with Gasteiger partial charge in [0.15, 0.2) is 0 Å². The minimum Gasteiger partial charge on any atom is -0.480 e. The largest absolute Gasteiger partial charge is 0.480 e. The van der Waals surface area contributed by atoms with Crippen LogP contribution in [-0.2, 0) is 21.2 Å². The zero-order valence-corrected chi connectivity index (χ0v) is 24.4. The predicted molar refractivity (Wildman–Crippen MR) is 160 cm³/mol. The van der Waals surface area contributed by atoms with E-state index in [4.69, 9.17) is 5.73 Å². The number of aliphatic carboxylic acids is 1. The highest BCUT2D eigenvalue weighted by Gasteiger charge is 2.31. The molecule has 0 radical (unpaired) electrons. The number of carboxylic acids is 1. The summed E-state index contributed by atoms with van der Waals surface area (Å²) in [5.41, 5.74) is 7.18. The van der Waals surface area contributed by atoms with E-state index in [1.807, 2.05) is 56.3 Å². The standard InChI is InChI=1S/C30H40N4O6S/c1-22(2)19-34(41(39,40)27-14-12-25(31)13-15-27)26(21-35)10-6-17-32-30(38)33(20-29(36)37)18-16-24-9-5-8-23-7-3-4-11-28(23)24/h3-5,7-9,11-15,22,26,35H,6,10,16-21,31H2,1-2H3,(H,32,38)(H,36,37). The number of nitrogens with two attached hydrogens (primary N) is 1. The molecule has 1 atom stereocenters. The Bertz CT molecular complexity index is 1410. The number of urea groups is 1. The molecule has 0 aromatic heterocycles. The van der Waals surface area contributed by atoms with E-state index in [0.717, 1.165) is 16.3 Å². The maximum Gasteiger partial charge on any atom is 0.323 e. The Labute approximate surface area is 241 Å². The fraction of sp³-hybridized carbons (Fsp3) is 0.400. The zero-order chi connectivity index (χ0) is 30.0. The number of carboxylic acid groups (broad SMARTS) is 1. The van der Waals surface area contributed by atoms with Gasteiger partial charge in [0, 0.05) is 31.4 Å². The van der Waals surface area contributed by atoms with Crippen LogP contribution in [0, 0.1) is 5.92 Å². The SMILES string of the molecule is CC(C)CN(C(CO)CCCNC(=O)N(CCc1cccc2ccccc12)CC(=O)O)S(=O)(=O)c1ccc(N)cc1. The number of rotatable bonds is 15. The molecule has 0 fully saturated rings. The number of anilines is 1. The second kappa shape index (κ2) is 14.8. The van der Waals surface area contributed by atoms with Crippen LogP contribution in [0.3, 0.4) is 0 Å². The second-order valence-electron chi connectivity index (χ2n) is 10.5. The van der Waals surface area contributed by atoms with Crippen LogP contribution in [-0.4, -0.2) is 78.7 Å². The number of sulfonamides is 1. The van der Waals surface area contributed by atoms with Crippen LogP contribution in [0.2, 0.25) is 0 Å². The highest BCUT2D eigenvalue weighted by Crippen LogP contribution is 2.23. The Hall–Kier alpha value is -3.67. The van der Waals surface area contributed by atoms with Crippen molar-refractivity contribution in [2.24, 2.45) is 5.92 Å². The van der Waals surface area contributed by atoms with Crippen molar-refractivity contribution >= 4 is 38.5 Å². The molecule has 2 amide bonds. The Balaban J connectivity index is 1.62. The first-order chi connectivity index (χ1) is 19.5. The molecular formula is C30H40N4O6S. The third kappa shape index (κ3) is 8.91. The van der Waals surface area contributed by atoms with Crippen LogP contribution < -0.4 is 11.1 Å². The van der Waals surface area contributed by atoms with Gasteiger partial charge >= 0.3 is 12.0 Å². The molecule has 3 rings (SSSR count). The number of nitrogen functional groups attached to an aromatic ring is 1. The van der Waals surface area contributed by atoms with Crippen LogP contribution in [0.15, 0.2) is 71.6 Å². The van der Waals surface area contributed by atoms with Crippen molar-refractivity contribution in [3.8, 4) is 0 Å². The lowest BCUT2D eigenvalue weighted by molar-refractivity contribution is -0.137. The van der Waals surface area contributed by atoms with Gasteiger partial charge in [-0.3, -0.25) is 4.79 Å². The van der Waals surface area contributed by atoms with Crippen LogP contribution in [0.25, 0.3) is 10.8 Å². The molecule has 11 heteroatoms. The summed E-state index contributed by atoms with van der Waals surface area (Å²) < 4.78 is 28.2. The zero-order valence-electron chi connectivity index (χ0n) is 23.6. The first kappa shape index (κ1) is 31.9. The van der Waals surface area contributed by atoms with Gasteiger partial charge in [-0.05, 0) is 65.8 Å². The molecule has 0 spiro atoms. The number of aliphatic hydroxyl groups is 1. The van der Waals surface area contributed by atoms with E-state index in [1.54, 1.807) is 0 Å². The molecule has 222 valence electrons. The Morgan fingerprint density at radius 3 is 2.34 bits per heavy atom. The predicted octanol–water partition coefficient (Wildman–Crippen LogP) is 3.55. The number of hydrogen-bond donors (Lipinski definition) is 4. The summed E-state index contributed by atoms with van der Waals surface area (Å²) >= 11 is 0. The van der Waals surface area contributed by atoms with E-state index < -0.39 is 34.6 Å². The van der Waals surface area contributed by atoms with E-state index >= 15 is 0 Å². The smallest absolute Gasteiger partial charge is 0.323 e. The molecule has 41 heavy (non-hydrogen) atoms. The number of nitrogens with zero attached hydrogens (tertiary/aromatic N) is 2. The van der Waals surface area contributed by atoms with Gasteiger partial charge in [-0.1, -0.05) is 56.3 Å². The van der Waals surface area contributed by atoms with Gasteiger partial charge in [0.25, 0.3) is 0 Å². The molecule has 0 bridgehead atoms. The van der Waals surface area contributed by atoms with E-state index in [2.05, 4.69) is 5.32 Å². The molecule has 0 saturated heterocycles. The normalized spacial score (nSPS) is 12.5. The highest BCUT2D eigenvalue weighted by atomic mass is 32.2. The molecule has 0 saturated carbocycles. The van der Waals surface area contributed by atoms with Crippen molar-refractivity contribution in [1.82, 2.24) is 14.5 Å². The van der Waals surface area contributed by atoms with Crippen LogP contribution in [0.4, 0.5) is 10.5 Å². The van der Waals surface area contributed by atoms with Gasteiger partial charge in [-0.15, -0.1) is 0 Å². The quantitative estimate of drug-likeness (QED) is 0.157. The molecule has 0 aliphatic heterocycles. The van der Waals surface area contributed by atoms with E-state index in [0.29, 0.717) is 24.9 Å². The van der Waals surface area contributed by atoms with Crippen LogP contribution in [0.1, 0.15) is 32.3 Å². The second-order valence-corrected chi connectivity index (χ2v) is 12.3. The topological polar surface area (TPSA) is 153 Å². The first-order valence-electron chi connectivity index (χ1n) is 13.7. The van der Waals surface area contributed by atoms with Gasteiger partial charge in [-0.25, -0.2) is 13.2 Å². The van der Waals surface area contributed by atoms with E-state index in [-0.39, 0.29) is 37.1 Å². The summed E-state index contributed by atoms with van der Waals surface area (Å²) in [5, 5.41) is 24.4. The van der Waals surface area contributed by atoms with Gasteiger partial charge in [0.05, 0.1) is 11.5 Å². The number of fused-ring (bicyclic) bond motifs is 1. The monoisotopic (exact) mass is 584 g/mol. The minimum atomic E-state index is -3.90. The van der Waals surface area contributed by atoms with E-state index in [1.165, 1.54) is 33.5 Å². The summed E-state index contributed by atoms with van der Waals surface area (Å²) in [7, 11) is -3.90. The molecule has 3 aromatic rings. The number of benzene rings is 3. The molecule has 3 aromatic carbocycles. The summed E-state index contributed by atoms with van der Waals surface area (Å²) in [6.07, 6.45) is 1.17. The van der Waals surface area contributed by atoms with Gasteiger partial charge < -0.3 is 26.2 Å². The maximum absolute atomic E-state index is 13.4. The van der Waals surface area contributed by atoms with Crippen molar-refractivity contribution in [3.05, 3.63) is 72.3 Å². The molecule has 0 aliphatic rings. The number of carbonyl (C=O) groups is 2. The fourth-order valence-corrected chi connectivity index (χ4v) is 6.54. The summed E-state index contributed by atoms with van der Waals surface area (Å²) in [4.78, 5) is 25.7. The first-order valence-corrected chi connectivity index (χ1v) is 15.2. The number of nitrogens with one attached hydrogen (secondary N) is 1. The van der Waals surface area contributed by atoms with Crippen molar-refractivity contribution in [3.63, 3.8) is 0 Å². The maximum atomic E-state index is 13.4. The minimum absolute atomic E-state index is 0.0126. The molecular weight excluding hydrogens is 544 g/mol. The highest BCUT2D eigenvalue weighted by molar-refractivity contribution is 7.89. The molecule has 0 aliphatic carbocycles. The lowest BCUT2D eigenvalue weighted by Crippen LogP contribution is -2.46. The third-order valence-corrected chi connectivity index (χ3v) is 8.72. The van der Waals surface area contributed by atoms with Crippen molar-refractivity contribution in [1.29, 1.82) is 0 Å². The van der Waals surface area contributed by atoms with Crippen molar-refractivity contribution < 1.29 is 28.2 Å². The number of hydrogen-bond acceptors (Lipinski definition) is 6. The van der Waals surface area contributed by atoms with Gasteiger partial charge in [-0.2, -0.15) is 4.31 Å². The molecule has 0 heterocycles. The van der Waals surface area contributed by atoms with Crippen LogP contribution >= 0.6 is 0 Å². The summed E-state index contributed by atoms with van der Waals surface area (Å²) in [6, 6.07) is 18.5. The number of carbonyl (C=O) groups excluding carboxylic acids is 1. The third-order valence-electron chi connectivity index (χ3n) is 6.78. The van der Waals surface area contributed by atoms with E-state index in [9.17, 15) is 28.2 Å². The lowest BCUT2D eigenvalue weighted by atomic mass is 10.0. The van der Waals surface area contributed by atoms with Crippen molar-refractivity contribution in [2.45, 2.75) is 44.0 Å². The Kier molecular flexibility index (Phi) is 11.5. The number of aliphatic hydroxyl groups excluding tert-OH is 1. The average molecular weight is 585 g/mol. The van der Waals surface area contributed by atoms with Gasteiger partial charge in [0.2, 0.25) is 10.0 Å². The van der Waals surface area contributed by atoms with Crippen molar-refractivity contribution in [2.75, 3.05) is 38.5 Å². The fourth-order valence-electron chi connectivity index (χ4n) is 4.73. The lowest BCUT2D eigenvalue weighted by Gasteiger charge is -2.31. The van der Waals surface area contributed by atoms with Gasteiger partial charge in [0.1, 0.15) is 6.54 Å². The molecule has 10 nitrogen and oxygen atoms in total. The average Bonchev–Trinajstić information content (AvgIpc) is 2.94. The summed E-state index contributed by atoms with van der Waals surface area (Å²) in [6.45, 7) is 3.59. The van der Waals surface area contributed by atoms with Crippen LogP contribution in [0.5, 0.6) is 0 Å². The Morgan fingerprint density at radius 1 is 1.00 bits per heavy atom. The summed E-state index contributed by atoms with van der Waals surface area (Å²) in [5.74, 6) is -1.10. The Morgan fingerprint density at radius 2 is 1.68 bits per heavy atom.